The Morgan fingerprint density at radius 3 is 2.58 bits per heavy atom. The van der Waals surface area contributed by atoms with Gasteiger partial charge in [-0.2, -0.15) is 10.2 Å². The average Bonchev–Trinajstić information content (AvgIpc) is 2.95. The van der Waals surface area contributed by atoms with Gasteiger partial charge in [0.2, 0.25) is 0 Å². The van der Waals surface area contributed by atoms with Crippen molar-refractivity contribution in [2.45, 2.75) is 20.0 Å². The van der Waals surface area contributed by atoms with Crippen molar-refractivity contribution in [1.29, 1.82) is 0 Å². The first-order chi connectivity index (χ1) is 14.7. The number of imide groups is 1. The number of aromatic hydroxyl groups is 1. The van der Waals surface area contributed by atoms with Crippen molar-refractivity contribution >= 4 is 57.9 Å². The lowest BCUT2D eigenvalue weighted by atomic mass is 10.1. The minimum Gasteiger partial charge on any atom is -0.507 e. The summed E-state index contributed by atoms with van der Waals surface area (Å²) in [5, 5.41) is 18.3. The summed E-state index contributed by atoms with van der Waals surface area (Å²) in [6.07, 6.45) is 1.01. The molecule has 0 aliphatic carbocycles. The Labute approximate surface area is 187 Å². The highest BCUT2D eigenvalue weighted by Gasteiger charge is 2.37. The number of phenols is 1. The Bertz CT molecular complexity index is 1100. The van der Waals surface area contributed by atoms with E-state index in [1.165, 1.54) is 18.2 Å². The van der Waals surface area contributed by atoms with Crippen LogP contribution in [0.4, 0.5) is 16.2 Å². The lowest BCUT2D eigenvalue weighted by Gasteiger charge is -2.13. The van der Waals surface area contributed by atoms with Crippen molar-refractivity contribution in [3.63, 3.8) is 0 Å². The second kappa shape index (κ2) is 9.76. The molecule has 0 radical (unpaired) electrons. The van der Waals surface area contributed by atoms with Gasteiger partial charge < -0.3 is 9.84 Å². The van der Waals surface area contributed by atoms with Crippen molar-refractivity contribution in [1.82, 2.24) is 4.90 Å². The Hall–Kier alpha value is -3.17. The molecule has 1 heterocycles. The fraction of sp³-hybridized carbons (Fsp3) is 0.190. The first-order valence-corrected chi connectivity index (χ1v) is 10.4. The number of halogens is 1. The topological polar surface area (TPSA) is 109 Å². The van der Waals surface area contributed by atoms with Crippen LogP contribution in [0.15, 0.2) is 57.6 Å². The van der Waals surface area contributed by atoms with Gasteiger partial charge in [-0.25, -0.2) is 0 Å². The summed E-state index contributed by atoms with van der Waals surface area (Å²) in [6, 6.07) is 11.3. The Morgan fingerprint density at radius 1 is 1.19 bits per heavy atom. The molecule has 160 valence electrons. The highest BCUT2D eigenvalue weighted by Crippen LogP contribution is 2.35. The monoisotopic (exact) mass is 459 g/mol. The van der Waals surface area contributed by atoms with Crippen LogP contribution in [-0.4, -0.2) is 39.8 Å². The molecule has 31 heavy (non-hydrogen) atoms. The number of esters is 1. The van der Waals surface area contributed by atoms with E-state index >= 15 is 0 Å². The van der Waals surface area contributed by atoms with Crippen LogP contribution in [0.2, 0.25) is 5.02 Å². The number of hydrogen-bond donors (Lipinski definition) is 1. The van der Waals surface area contributed by atoms with Crippen LogP contribution in [0.5, 0.6) is 5.75 Å². The summed E-state index contributed by atoms with van der Waals surface area (Å²) >= 11 is 6.60. The number of azo groups is 1. The molecule has 2 aromatic carbocycles. The van der Waals surface area contributed by atoms with E-state index in [4.69, 9.17) is 16.3 Å². The highest BCUT2D eigenvalue weighted by atomic mass is 35.5. The van der Waals surface area contributed by atoms with Crippen molar-refractivity contribution < 1.29 is 24.2 Å². The van der Waals surface area contributed by atoms with Crippen molar-refractivity contribution in [3.8, 4) is 5.75 Å². The molecule has 1 aliphatic rings. The van der Waals surface area contributed by atoms with Crippen LogP contribution in [-0.2, 0) is 14.3 Å². The molecule has 3 rings (SSSR count). The van der Waals surface area contributed by atoms with Gasteiger partial charge in [-0.05, 0) is 68.1 Å². The third-order valence-electron chi connectivity index (χ3n) is 3.91. The van der Waals surface area contributed by atoms with Crippen LogP contribution in [0.3, 0.4) is 0 Å². The number of nitrogens with zero attached hydrogens (tertiary/aromatic N) is 3. The fourth-order valence-corrected chi connectivity index (χ4v) is 3.59. The molecule has 8 nitrogen and oxygen atoms in total. The Kier molecular flexibility index (Phi) is 7.09. The maximum atomic E-state index is 12.6. The van der Waals surface area contributed by atoms with E-state index in [2.05, 4.69) is 10.2 Å². The predicted octanol–water partition coefficient (Wildman–Crippen LogP) is 5.45. The van der Waals surface area contributed by atoms with Gasteiger partial charge >= 0.3 is 5.97 Å². The summed E-state index contributed by atoms with van der Waals surface area (Å²) in [7, 11) is 0. The normalized spacial score (nSPS) is 15.5. The highest BCUT2D eigenvalue weighted by molar-refractivity contribution is 8.18. The van der Waals surface area contributed by atoms with E-state index in [9.17, 15) is 19.5 Å². The first-order valence-electron chi connectivity index (χ1n) is 9.18. The van der Waals surface area contributed by atoms with E-state index in [0.29, 0.717) is 28.2 Å². The summed E-state index contributed by atoms with van der Waals surface area (Å²) in [5.41, 5.74) is 1.25. The predicted molar refractivity (Wildman–Crippen MR) is 118 cm³/mol. The molecule has 0 unspecified atom stereocenters. The maximum Gasteiger partial charge on any atom is 0.326 e. The van der Waals surface area contributed by atoms with E-state index < -0.39 is 23.7 Å². The third-order valence-corrected chi connectivity index (χ3v) is 5.06. The van der Waals surface area contributed by atoms with Gasteiger partial charge in [0.05, 0.1) is 22.4 Å². The Balaban J connectivity index is 1.79. The summed E-state index contributed by atoms with van der Waals surface area (Å²) in [6.45, 7) is 2.87. The van der Waals surface area contributed by atoms with Crippen LogP contribution in [0.1, 0.15) is 19.4 Å². The van der Waals surface area contributed by atoms with E-state index in [1.54, 1.807) is 44.2 Å². The van der Waals surface area contributed by atoms with Crippen molar-refractivity contribution in [2.24, 2.45) is 10.2 Å². The fourth-order valence-electron chi connectivity index (χ4n) is 2.58. The number of carbonyl (C=O) groups is 3. The molecule has 1 N–H and O–H groups in total. The van der Waals surface area contributed by atoms with Crippen molar-refractivity contribution in [2.75, 3.05) is 6.54 Å². The zero-order chi connectivity index (χ0) is 22.5. The number of phenolic OH excluding ortho intramolecular Hbond substituents is 1. The van der Waals surface area contributed by atoms with Crippen LogP contribution in [0, 0.1) is 0 Å². The molecule has 1 saturated heterocycles. The zero-order valence-electron chi connectivity index (χ0n) is 16.6. The first kappa shape index (κ1) is 22.5. The lowest BCUT2D eigenvalue weighted by Crippen LogP contribution is -2.35. The molecular weight excluding hydrogens is 442 g/mol. The number of benzene rings is 2. The second-order valence-corrected chi connectivity index (χ2v) is 8.16. The molecule has 1 fully saturated rings. The quantitative estimate of drug-likeness (QED) is 0.349. The lowest BCUT2D eigenvalue weighted by molar-refractivity contribution is -0.149. The summed E-state index contributed by atoms with van der Waals surface area (Å²) < 4.78 is 4.98. The molecule has 10 heteroatoms. The smallest absolute Gasteiger partial charge is 0.326 e. The SMILES string of the molecule is CC(C)OC(=O)CN1C(=O)S/C(=C\c2cc(N=Nc3cccc(Cl)c3)ccc2O)C1=O. The molecular formula is C21H18ClN3O5S. The van der Waals surface area contributed by atoms with Gasteiger partial charge in [-0.15, -0.1) is 0 Å². The number of hydrogen-bond acceptors (Lipinski definition) is 8. The van der Waals surface area contributed by atoms with Gasteiger partial charge in [0.1, 0.15) is 12.3 Å². The standard InChI is InChI=1S/C21H18ClN3O5S/c1-12(2)30-19(27)11-25-20(28)18(31-21(25)29)9-13-8-16(6-7-17(13)26)24-23-15-5-3-4-14(22)10-15/h3-10,12,26H,11H2,1-2H3/b18-9-,24-23?. The minimum atomic E-state index is -0.676. The van der Waals surface area contributed by atoms with Gasteiger partial charge in [0, 0.05) is 10.6 Å². The Morgan fingerprint density at radius 2 is 1.90 bits per heavy atom. The summed E-state index contributed by atoms with van der Waals surface area (Å²) in [4.78, 5) is 37.4. The van der Waals surface area contributed by atoms with Crippen LogP contribution in [0.25, 0.3) is 6.08 Å². The largest absolute Gasteiger partial charge is 0.507 e. The number of rotatable bonds is 6. The van der Waals surface area contributed by atoms with E-state index in [1.807, 2.05) is 0 Å². The number of thioether (sulfide) groups is 1. The minimum absolute atomic E-state index is 0.0709. The third kappa shape index (κ3) is 5.93. The van der Waals surface area contributed by atoms with Gasteiger partial charge in [0.25, 0.3) is 11.1 Å². The van der Waals surface area contributed by atoms with Gasteiger partial charge in [-0.1, -0.05) is 17.7 Å². The molecule has 0 bridgehead atoms. The molecule has 0 aromatic heterocycles. The molecule has 0 saturated carbocycles. The van der Waals surface area contributed by atoms with Crippen LogP contribution >= 0.6 is 23.4 Å². The second-order valence-electron chi connectivity index (χ2n) is 6.73. The molecule has 0 atom stereocenters. The van der Waals surface area contributed by atoms with Crippen molar-refractivity contribution in [3.05, 3.63) is 58.0 Å². The summed E-state index contributed by atoms with van der Waals surface area (Å²) in [5.74, 6) is -1.42. The van der Waals surface area contributed by atoms with Gasteiger partial charge in [-0.3, -0.25) is 19.3 Å². The molecule has 2 amide bonds. The number of carbonyl (C=O) groups excluding carboxylic acids is 3. The number of ether oxygens (including phenoxy) is 1. The maximum absolute atomic E-state index is 12.6. The average molecular weight is 460 g/mol. The molecule has 2 aromatic rings. The van der Waals surface area contributed by atoms with Gasteiger partial charge in [0.15, 0.2) is 0 Å². The van der Waals surface area contributed by atoms with Crippen LogP contribution < -0.4 is 0 Å². The number of amides is 2. The molecule has 0 spiro atoms. The van der Waals surface area contributed by atoms with E-state index in [-0.39, 0.29) is 22.3 Å². The van der Waals surface area contributed by atoms with E-state index in [0.717, 1.165) is 4.90 Å². The zero-order valence-corrected chi connectivity index (χ0v) is 18.2. The molecule has 1 aliphatic heterocycles.